The molecule has 0 radical (unpaired) electrons. The Morgan fingerprint density at radius 1 is 0.966 bits per heavy atom. The molecule has 3 aromatic carbocycles. The molecule has 6 heteroatoms. The number of carbonyl (C=O) groups is 1. The zero-order valence-corrected chi connectivity index (χ0v) is 15.7. The second-order valence-corrected chi connectivity index (χ2v) is 6.35. The van der Waals surface area contributed by atoms with Gasteiger partial charge in [-0.2, -0.15) is 5.10 Å². The summed E-state index contributed by atoms with van der Waals surface area (Å²) in [5.41, 5.74) is 2.77. The minimum atomic E-state index is -0.392. The Kier molecular flexibility index (Phi) is 5.07. The van der Waals surface area contributed by atoms with Crippen LogP contribution < -0.4 is 10.1 Å². The second-order valence-electron chi connectivity index (χ2n) is 6.35. The summed E-state index contributed by atoms with van der Waals surface area (Å²) in [6, 6.07) is 24.2. The number of rotatable bonds is 5. The van der Waals surface area contributed by atoms with E-state index in [-0.39, 0.29) is 5.91 Å². The maximum absolute atomic E-state index is 13.2. The summed E-state index contributed by atoms with van der Waals surface area (Å²) in [5, 5.41) is 7.54. The van der Waals surface area contributed by atoms with E-state index < -0.39 is 5.82 Å². The largest absolute Gasteiger partial charge is 0.497 e. The van der Waals surface area contributed by atoms with E-state index in [1.54, 1.807) is 17.9 Å². The molecule has 5 nitrogen and oxygen atoms in total. The molecule has 4 rings (SSSR count). The molecule has 0 aliphatic carbocycles. The summed E-state index contributed by atoms with van der Waals surface area (Å²) in [6.07, 6.45) is 0. The number of ether oxygens (including phenoxy) is 1. The van der Waals surface area contributed by atoms with Crippen LogP contribution >= 0.6 is 0 Å². The molecule has 0 aliphatic rings. The van der Waals surface area contributed by atoms with Gasteiger partial charge in [-0.15, -0.1) is 0 Å². The van der Waals surface area contributed by atoms with Crippen LogP contribution in [0.25, 0.3) is 16.9 Å². The first-order valence-electron chi connectivity index (χ1n) is 9.01. The molecule has 0 spiro atoms. The molecule has 1 heterocycles. The van der Waals surface area contributed by atoms with Gasteiger partial charge < -0.3 is 10.1 Å². The Morgan fingerprint density at radius 3 is 2.31 bits per heavy atom. The fraction of sp³-hybridized carbons (Fsp3) is 0.0435. The van der Waals surface area contributed by atoms with Crippen LogP contribution in [-0.4, -0.2) is 22.8 Å². The number of nitrogens with zero attached hydrogens (tertiary/aromatic N) is 2. The van der Waals surface area contributed by atoms with Gasteiger partial charge in [0.15, 0.2) is 0 Å². The van der Waals surface area contributed by atoms with Crippen LogP contribution in [0.1, 0.15) is 10.4 Å². The predicted octanol–water partition coefficient (Wildman–Crippen LogP) is 4.94. The summed E-state index contributed by atoms with van der Waals surface area (Å²) in [7, 11) is 1.60. The lowest BCUT2D eigenvalue weighted by Gasteiger charge is -2.09. The number of hydrogen-bond acceptors (Lipinski definition) is 3. The molecular weight excluding hydrogens is 369 g/mol. The number of amides is 1. The number of hydrogen-bond donors (Lipinski definition) is 1. The van der Waals surface area contributed by atoms with E-state index in [2.05, 4.69) is 10.4 Å². The number of carbonyl (C=O) groups excluding carboxylic acids is 1. The number of halogens is 1. The Bertz CT molecular complexity index is 1120. The third-order valence-electron chi connectivity index (χ3n) is 4.44. The van der Waals surface area contributed by atoms with Crippen molar-refractivity contribution < 1.29 is 13.9 Å². The van der Waals surface area contributed by atoms with Crippen LogP contribution in [0.2, 0.25) is 0 Å². The molecule has 144 valence electrons. The first-order chi connectivity index (χ1) is 14.1. The molecule has 0 unspecified atom stereocenters. The topological polar surface area (TPSA) is 56.1 Å². The molecule has 0 saturated heterocycles. The van der Waals surface area contributed by atoms with Crippen molar-refractivity contribution >= 4 is 11.7 Å². The lowest BCUT2D eigenvalue weighted by molar-refractivity contribution is 0.102. The number of anilines is 1. The van der Waals surface area contributed by atoms with Crippen molar-refractivity contribution in [3.05, 3.63) is 96.3 Å². The molecule has 0 saturated carbocycles. The highest BCUT2D eigenvalue weighted by Gasteiger charge is 2.15. The molecular formula is C23H18FN3O2. The van der Waals surface area contributed by atoms with Gasteiger partial charge in [-0.1, -0.05) is 30.3 Å². The lowest BCUT2D eigenvalue weighted by Crippen LogP contribution is -2.15. The molecule has 0 atom stereocenters. The number of aromatic nitrogens is 2. The first-order valence-corrected chi connectivity index (χ1v) is 9.01. The van der Waals surface area contributed by atoms with E-state index in [9.17, 15) is 9.18 Å². The van der Waals surface area contributed by atoms with Gasteiger partial charge >= 0.3 is 0 Å². The smallest absolute Gasteiger partial charge is 0.256 e. The minimum absolute atomic E-state index is 0.348. The minimum Gasteiger partial charge on any atom is -0.497 e. The summed E-state index contributed by atoms with van der Waals surface area (Å²) < 4.78 is 20.0. The van der Waals surface area contributed by atoms with Crippen molar-refractivity contribution in [1.29, 1.82) is 0 Å². The SMILES string of the molecule is COc1ccc(-n2nc(-c3ccccc3)cc2NC(=O)c2ccc(F)cc2)cc1. The fourth-order valence-corrected chi connectivity index (χ4v) is 2.93. The normalized spacial score (nSPS) is 10.6. The highest BCUT2D eigenvalue weighted by Crippen LogP contribution is 2.26. The highest BCUT2D eigenvalue weighted by molar-refractivity contribution is 6.04. The molecule has 1 N–H and O–H groups in total. The van der Waals surface area contributed by atoms with Gasteiger partial charge in [-0.3, -0.25) is 4.79 Å². The quantitative estimate of drug-likeness (QED) is 0.528. The van der Waals surface area contributed by atoms with Gasteiger partial charge in [0.05, 0.1) is 18.5 Å². The molecule has 0 aliphatic heterocycles. The fourth-order valence-electron chi connectivity index (χ4n) is 2.93. The van der Waals surface area contributed by atoms with Gasteiger partial charge in [0.2, 0.25) is 0 Å². The number of nitrogens with one attached hydrogen (secondary N) is 1. The van der Waals surface area contributed by atoms with Crippen LogP contribution in [0, 0.1) is 5.82 Å². The van der Waals surface area contributed by atoms with E-state index in [0.717, 1.165) is 22.7 Å². The second kappa shape index (κ2) is 7.98. The van der Waals surface area contributed by atoms with E-state index in [1.165, 1.54) is 24.3 Å². The van der Waals surface area contributed by atoms with E-state index in [1.807, 2.05) is 54.6 Å². The Hall–Kier alpha value is -3.93. The van der Waals surface area contributed by atoms with Gasteiger partial charge in [0.25, 0.3) is 5.91 Å². The maximum Gasteiger partial charge on any atom is 0.256 e. The zero-order valence-electron chi connectivity index (χ0n) is 15.7. The maximum atomic E-state index is 13.2. The number of benzene rings is 3. The summed E-state index contributed by atoms with van der Waals surface area (Å²) in [5.74, 6) is 0.486. The van der Waals surface area contributed by atoms with Crippen molar-refractivity contribution in [2.45, 2.75) is 0 Å². The number of methoxy groups -OCH3 is 1. The van der Waals surface area contributed by atoms with Gasteiger partial charge in [0, 0.05) is 17.2 Å². The lowest BCUT2D eigenvalue weighted by atomic mass is 10.1. The van der Waals surface area contributed by atoms with Crippen molar-refractivity contribution in [1.82, 2.24) is 9.78 Å². The van der Waals surface area contributed by atoms with Crippen molar-refractivity contribution in [2.75, 3.05) is 12.4 Å². The first kappa shape index (κ1) is 18.4. The van der Waals surface area contributed by atoms with Crippen molar-refractivity contribution in [3.8, 4) is 22.7 Å². The standard InChI is InChI=1S/C23H18FN3O2/c1-29-20-13-11-19(12-14-20)27-22(15-21(26-27)16-5-3-2-4-6-16)25-23(28)17-7-9-18(24)10-8-17/h2-15H,1H3,(H,25,28). The van der Waals surface area contributed by atoms with E-state index in [4.69, 9.17) is 4.74 Å². The third kappa shape index (κ3) is 4.01. The van der Waals surface area contributed by atoms with Gasteiger partial charge in [-0.05, 0) is 48.5 Å². The third-order valence-corrected chi connectivity index (χ3v) is 4.44. The van der Waals surface area contributed by atoms with Crippen molar-refractivity contribution in [2.24, 2.45) is 0 Å². The molecule has 0 fully saturated rings. The molecule has 4 aromatic rings. The van der Waals surface area contributed by atoms with Crippen LogP contribution in [0.15, 0.2) is 84.9 Å². The Morgan fingerprint density at radius 2 is 1.66 bits per heavy atom. The Balaban J connectivity index is 1.73. The average molecular weight is 387 g/mol. The predicted molar refractivity (Wildman–Crippen MR) is 110 cm³/mol. The molecule has 29 heavy (non-hydrogen) atoms. The average Bonchev–Trinajstić information content (AvgIpc) is 3.18. The summed E-state index contributed by atoms with van der Waals surface area (Å²) >= 11 is 0. The van der Waals surface area contributed by atoms with Crippen LogP contribution in [0.5, 0.6) is 5.75 Å². The van der Waals surface area contributed by atoms with Gasteiger partial charge in [0.1, 0.15) is 17.4 Å². The van der Waals surface area contributed by atoms with Crippen LogP contribution in [-0.2, 0) is 0 Å². The zero-order chi connectivity index (χ0) is 20.2. The van der Waals surface area contributed by atoms with Gasteiger partial charge in [-0.25, -0.2) is 9.07 Å². The van der Waals surface area contributed by atoms with E-state index in [0.29, 0.717) is 11.4 Å². The Labute approximate surface area is 167 Å². The van der Waals surface area contributed by atoms with Crippen molar-refractivity contribution in [3.63, 3.8) is 0 Å². The molecule has 1 aromatic heterocycles. The molecule has 1 amide bonds. The summed E-state index contributed by atoms with van der Waals surface area (Å²) in [6.45, 7) is 0. The monoisotopic (exact) mass is 387 g/mol. The van der Waals surface area contributed by atoms with E-state index >= 15 is 0 Å². The van der Waals surface area contributed by atoms with Crippen LogP contribution in [0.4, 0.5) is 10.2 Å². The highest BCUT2D eigenvalue weighted by atomic mass is 19.1. The summed E-state index contributed by atoms with van der Waals surface area (Å²) in [4.78, 5) is 12.7. The molecule has 0 bridgehead atoms. The van der Waals surface area contributed by atoms with Crippen LogP contribution in [0.3, 0.4) is 0 Å².